The second kappa shape index (κ2) is 6.08. The summed E-state index contributed by atoms with van der Waals surface area (Å²) in [7, 11) is 1.85. The second-order valence-corrected chi connectivity index (χ2v) is 3.87. The van der Waals surface area contributed by atoms with Gasteiger partial charge in [0.15, 0.2) is 0 Å². The molecule has 0 aliphatic heterocycles. The summed E-state index contributed by atoms with van der Waals surface area (Å²) in [5.74, 6) is 0.857. The number of carbonyl (C=O) groups is 1. The van der Waals surface area contributed by atoms with Crippen LogP contribution in [-0.2, 0) is 4.79 Å². The summed E-state index contributed by atoms with van der Waals surface area (Å²) in [6, 6.07) is 3.59. The second-order valence-electron chi connectivity index (χ2n) is 3.87. The highest BCUT2D eigenvalue weighted by atomic mass is 16.2. The van der Waals surface area contributed by atoms with Crippen LogP contribution < -0.4 is 10.6 Å². The number of nitrogens with zero attached hydrogens (tertiary/aromatic N) is 3. The summed E-state index contributed by atoms with van der Waals surface area (Å²) < 4.78 is 0. The highest BCUT2D eigenvalue weighted by Crippen LogP contribution is 2.10. The Hall–Kier alpha value is -1.78. The quantitative estimate of drug-likeness (QED) is 0.827. The van der Waals surface area contributed by atoms with Crippen LogP contribution in [0, 0.1) is 0 Å². The molecule has 0 radical (unpaired) electrons. The summed E-state index contributed by atoms with van der Waals surface area (Å²) >= 11 is 0. The van der Waals surface area contributed by atoms with E-state index < -0.39 is 0 Å². The van der Waals surface area contributed by atoms with E-state index in [4.69, 9.17) is 5.73 Å². The summed E-state index contributed by atoms with van der Waals surface area (Å²) in [5, 5.41) is 0. The Morgan fingerprint density at radius 1 is 1.35 bits per heavy atom. The van der Waals surface area contributed by atoms with E-state index in [-0.39, 0.29) is 5.91 Å². The predicted molar refractivity (Wildman–Crippen MR) is 69.8 cm³/mol. The molecule has 1 aromatic rings. The van der Waals surface area contributed by atoms with Crippen LogP contribution in [0.1, 0.15) is 13.8 Å². The molecule has 1 aromatic heterocycles. The minimum atomic E-state index is 0.108. The number of likely N-dealkylation sites (N-methyl/N-ethyl adjacent to an activating group) is 2. The van der Waals surface area contributed by atoms with E-state index in [0.29, 0.717) is 12.2 Å². The van der Waals surface area contributed by atoms with Crippen molar-refractivity contribution in [2.75, 3.05) is 37.3 Å². The summed E-state index contributed by atoms with van der Waals surface area (Å²) in [6.45, 7) is 5.75. The van der Waals surface area contributed by atoms with Gasteiger partial charge in [-0.2, -0.15) is 0 Å². The molecule has 2 N–H and O–H groups in total. The maximum atomic E-state index is 11.9. The number of hydrogen-bond donors (Lipinski definition) is 1. The van der Waals surface area contributed by atoms with Crippen molar-refractivity contribution >= 4 is 17.4 Å². The van der Waals surface area contributed by atoms with Crippen LogP contribution in [0.4, 0.5) is 11.5 Å². The van der Waals surface area contributed by atoms with E-state index in [1.165, 1.54) is 0 Å². The lowest BCUT2D eigenvalue weighted by Gasteiger charge is -2.23. The highest BCUT2D eigenvalue weighted by molar-refractivity contribution is 5.81. The average molecular weight is 236 g/mol. The van der Waals surface area contributed by atoms with Crippen LogP contribution >= 0.6 is 0 Å². The van der Waals surface area contributed by atoms with Crippen LogP contribution in [0.25, 0.3) is 0 Å². The maximum absolute atomic E-state index is 11.9. The predicted octanol–water partition coefficient (Wildman–Crippen LogP) is 0.968. The Kier molecular flexibility index (Phi) is 4.75. The first-order valence-corrected chi connectivity index (χ1v) is 5.78. The lowest BCUT2D eigenvalue weighted by molar-refractivity contribution is -0.129. The van der Waals surface area contributed by atoms with Gasteiger partial charge < -0.3 is 15.5 Å². The minimum absolute atomic E-state index is 0.108. The molecule has 0 fully saturated rings. The molecular weight excluding hydrogens is 216 g/mol. The molecule has 0 aromatic carbocycles. The molecule has 0 bridgehead atoms. The van der Waals surface area contributed by atoms with Crippen LogP contribution in [0.3, 0.4) is 0 Å². The van der Waals surface area contributed by atoms with Crippen LogP contribution in [-0.4, -0.2) is 42.5 Å². The highest BCUT2D eigenvalue weighted by Gasteiger charge is 2.13. The molecule has 94 valence electrons. The fourth-order valence-corrected chi connectivity index (χ4v) is 1.58. The normalized spacial score (nSPS) is 10.1. The van der Waals surface area contributed by atoms with Gasteiger partial charge in [0.25, 0.3) is 0 Å². The molecule has 0 atom stereocenters. The van der Waals surface area contributed by atoms with Gasteiger partial charge in [-0.25, -0.2) is 4.98 Å². The van der Waals surface area contributed by atoms with Crippen LogP contribution in [0.5, 0.6) is 0 Å². The zero-order valence-electron chi connectivity index (χ0n) is 10.7. The van der Waals surface area contributed by atoms with Crippen LogP contribution in [0.2, 0.25) is 0 Å². The zero-order chi connectivity index (χ0) is 12.8. The monoisotopic (exact) mass is 236 g/mol. The minimum Gasteiger partial charge on any atom is -0.397 e. The average Bonchev–Trinajstić information content (AvgIpc) is 2.31. The van der Waals surface area contributed by atoms with Crippen molar-refractivity contribution in [2.24, 2.45) is 0 Å². The molecule has 0 aliphatic rings. The van der Waals surface area contributed by atoms with E-state index in [1.54, 1.807) is 17.2 Å². The molecule has 5 nitrogen and oxygen atoms in total. The molecule has 1 amide bonds. The van der Waals surface area contributed by atoms with Crippen molar-refractivity contribution < 1.29 is 4.79 Å². The number of amides is 1. The Balaban J connectivity index is 2.62. The van der Waals surface area contributed by atoms with Gasteiger partial charge in [-0.05, 0) is 26.0 Å². The first kappa shape index (κ1) is 13.3. The van der Waals surface area contributed by atoms with Gasteiger partial charge in [-0.15, -0.1) is 0 Å². The number of rotatable bonds is 5. The first-order chi connectivity index (χ1) is 8.08. The van der Waals surface area contributed by atoms with Crippen LogP contribution in [0.15, 0.2) is 18.3 Å². The van der Waals surface area contributed by atoms with Gasteiger partial charge in [0, 0.05) is 20.1 Å². The lowest BCUT2D eigenvalue weighted by Crippen LogP contribution is -2.39. The summed E-state index contributed by atoms with van der Waals surface area (Å²) in [4.78, 5) is 19.7. The number of pyridine rings is 1. The number of aromatic nitrogens is 1. The van der Waals surface area contributed by atoms with E-state index in [9.17, 15) is 4.79 Å². The molecule has 0 aliphatic carbocycles. The topological polar surface area (TPSA) is 62.5 Å². The summed E-state index contributed by atoms with van der Waals surface area (Å²) in [5.41, 5.74) is 6.19. The van der Waals surface area contributed by atoms with E-state index in [2.05, 4.69) is 4.98 Å². The number of anilines is 2. The third kappa shape index (κ3) is 3.62. The zero-order valence-corrected chi connectivity index (χ0v) is 10.7. The fourth-order valence-electron chi connectivity index (χ4n) is 1.58. The van der Waals surface area contributed by atoms with E-state index in [0.717, 1.165) is 18.9 Å². The van der Waals surface area contributed by atoms with Gasteiger partial charge in [0.05, 0.1) is 18.4 Å². The molecule has 5 heteroatoms. The summed E-state index contributed by atoms with van der Waals surface area (Å²) in [6.07, 6.45) is 1.59. The van der Waals surface area contributed by atoms with Crippen molar-refractivity contribution in [1.29, 1.82) is 0 Å². The van der Waals surface area contributed by atoms with Crippen molar-refractivity contribution in [3.63, 3.8) is 0 Å². The van der Waals surface area contributed by atoms with E-state index >= 15 is 0 Å². The molecule has 1 heterocycles. The molecule has 0 saturated heterocycles. The van der Waals surface area contributed by atoms with Crippen molar-refractivity contribution in [3.05, 3.63) is 18.3 Å². The molecule has 17 heavy (non-hydrogen) atoms. The number of nitrogen functional groups attached to an aromatic ring is 1. The van der Waals surface area contributed by atoms with E-state index in [1.807, 2.05) is 31.9 Å². The largest absolute Gasteiger partial charge is 0.397 e. The third-order valence-corrected chi connectivity index (χ3v) is 2.65. The van der Waals surface area contributed by atoms with Gasteiger partial charge in [0.2, 0.25) is 5.91 Å². The van der Waals surface area contributed by atoms with Gasteiger partial charge in [0.1, 0.15) is 5.82 Å². The fraction of sp³-hybridized carbons (Fsp3) is 0.500. The third-order valence-electron chi connectivity index (χ3n) is 2.65. The maximum Gasteiger partial charge on any atom is 0.242 e. The SMILES string of the molecule is CCN(CC)C(=O)CN(C)c1ccc(N)cn1. The van der Waals surface area contributed by atoms with Gasteiger partial charge in [-0.3, -0.25) is 4.79 Å². The van der Waals surface area contributed by atoms with Crippen molar-refractivity contribution in [2.45, 2.75) is 13.8 Å². The van der Waals surface area contributed by atoms with Gasteiger partial charge in [-0.1, -0.05) is 0 Å². The Morgan fingerprint density at radius 3 is 2.47 bits per heavy atom. The lowest BCUT2D eigenvalue weighted by atomic mass is 10.3. The first-order valence-electron chi connectivity index (χ1n) is 5.78. The Labute approximate surface area is 102 Å². The smallest absolute Gasteiger partial charge is 0.242 e. The Bertz CT molecular complexity index is 359. The number of hydrogen-bond acceptors (Lipinski definition) is 4. The van der Waals surface area contributed by atoms with Crippen molar-refractivity contribution in [3.8, 4) is 0 Å². The Morgan fingerprint density at radius 2 is 2.00 bits per heavy atom. The molecule has 0 spiro atoms. The standard InChI is InChI=1S/C12H20N4O/c1-4-16(5-2)12(17)9-15(3)11-7-6-10(13)8-14-11/h6-8H,4-5,9,13H2,1-3H3. The number of carbonyl (C=O) groups excluding carboxylic acids is 1. The molecule has 1 rings (SSSR count). The molecule has 0 unspecified atom stereocenters. The number of nitrogens with two attached hydrogens (primary N) is 1. The van der Waals surface area contributed by atoms with Crippen molar-refractivity contribution in [1.82, 2.24) is 9.88 Å². The molecule has 0 saturated carbocycles. The molecular formula is C12H20N4O. The van der Waals surface area contributed by atoms with Gasteiger partial charge >= 0.3 is 0 Å².